The lowest BCUT2D eigenvalue weighted by Crippen LogP contribution is -2.59. The summed E-state index contributed by atoms with van der Waals surface area (Å²) in [6.45, 7) is 10.7. The number of aliphatic carboxylic acids is 1. The number of rotatable bonds is 7. The van der Waals surface area contributed by atoms with E-state index in [1.807, 2.05) is 20.8 Å². The Kier molecular flexibility index (Phi) is 6.96. The van der Waals surface area contributed by atoms with Crippen LogP contribution in [0.3, 0.4) is 0 Å². The maximum absolute atomic E-state index is 11.6. The molecule has 20 heavy (non-hydrogen) atoms. The van der Waals surface area contributed by atoms with Gasteiger partial charge in [0.15, 0.2) is 0 Å². The molecule has 0 bridgehead atoms. The number of hydrogen-bond donors (Lipinski definition) is 2. The molecular weight excluding hydrogens is 252 g/mol. The van der Waals surface area contributed by atoms with Gasteiger partial charge >= 0.3 is 5.97 Å². The molecule has 0 spiro atoms. The second-order valence-electron chi connectivity index (χ2n) is 6.80. The Hall–Kier alpha value is -0.610. The number of carboxylic acids is 1. The standard InChI is InChI=1S/C16H32N2O2/c1-5-7-14-8-6-10-18(11-9-14)12-16(4,15(19)20)17-13(2)3/h13-14,17H,5-12H2,1-4H3,(H,19,20). The lowest BCUT2D eigenvalue weighted by Gasteiger charge is -2.34. The van der Waals surface area contributed by atoms with Crippen molar-refractivity contribution in [2.45, 2.75) is 71.4 Å². The van der Waals surface area contributed by atoms with Crippen LogP contribution in [0.25, 0.3) is 0 Å². The number of carbonyl (C=O) groups is 1. The fourth-order valence-corrected chi connectivity index (χ4v) is 3.34. The fourth-order valence-electron chi connectivity index (χ4n) is 3.34. The zero-order valence-corrected chi connectivity index (χ0v) is 13.6. The van der Waals surface area contributed by atoms with Gasteiger partial charge < -0.3 is 10.0 Å². The van der Waals surface area contributed by atoms with E-state index < -0.39 is 11.5 Å². The van der Waals surface area contributed by atoms with Crippen LogP contribution < -0.4 is 5.32 Å². The summed E-state index contributed by atoms with van der Waals surface area (Å²) in [5.74, 6) is 0.0831. The minimum absolute atomic E-state index is 0.177. The zero-order chi connectivity index (χ0) is 15.2. The third-order valence-corrected chi connectivity index (χ3v) is 4.26. The van der Waals surface area contributed by atoms with E-state index >= 15 is 0 Å². The van der Waals surface area contributed by atoms with Gasteiger partial charge in [0.2, 0.25) is 0 Å². The smallest absolute Gasteiger partial charge is 0.324 e. The van der Waals surface area contributed by atoms with Gasteiger partial charge in [0, 0.05) is 12.6 Å². The minimum Gasteiger partial charge on any atom is -0.480 e. The molecule has 0 aromatic rings. The third-order valence-electron chi connectivity index (χ3n) is 4.26. The van der Waals surface area contributed by atoms with E-state index in [0.29, 0.717) is 6.54 Å². The van der Waals surface area contributed by atoms with Gasteiger partial charge in [-0.2, -0.15) is 0 Å². The predicted molar refractivity (Wildman–Crippen MR) is 83.0 cm³/mol. The molecule has 118 valence electrons. The first-order valence-electron chi connectivity index (χ1n) is 8.11. The highest BCUT2D eigenvalue weighted by Gasteiger charge is 2.35. The third kappa shape index (κ3) is 5.41. The normalized spacial score (nSPS) is 24.4. The monoisotopic (exact) mass is 284 g/mol. The first-order chi connectivity index (χ1) is 9.37. The molecule has 1 aliphatic rings. The van der Waals surface area contributed by atoms with Gasteiger partial charge in [-0.25, -0.2) is 0 Å². The number of carboxylic acid groups (broad SMARTS) is 1. The van der Waals surface area contributed by atoms with Crippen LogP contribution in [0.1, 0.15) is 59.8 Å². The van der Waals surface area contributed by atoms with Crippen molar-refractivity contribution in [1.29, 1.82) is 0 Å². The molecular formula is C16H32N2O2. The Bertz CT molecular complexity index is 307. The average Bonchev–Trinajstić information content (AvgIpc) is 2.54. The molecule has 2 N–H and O–H groups in total. The van der Waals surface area contributed by atoms with Gasteiger partial charge in [0.25, 0.3) is 0 Å². The van der Waals surface area contributed by atoms with Gasteiger partial charge in [-0.3, -0.25) is 10.1 Å². The summed E-state index contributed by atoms with van der Waals surface area (Å²) in [7, 11) is 0. The Balaban J connectivity index is 2.58. The zero-order valence-electron chi connectivity index (χ0n) is 13.6. The summed E-state index contributed by atoms with van der Waals surface area (Å²) in [6, 6.07) is 0.177. The molecule has 0 aromatic heterocycles. The van der Waals surface area contributed by atoms with Crippen molar-refractivity contribution in [3.05, 3.63) is 0 Å². The molecule has 4 nitrogen and oxygen atoms in total. The summed E-state index contributed by atoms with van der Waals surface area (Å²) >= 11 is 0. The maximum atomic E-state index is 11.6. The highest BCUT2D eigenvalue weighted by atomic mass is 16.4. The van der Waals surface area contributed by atoms with Crippen LogP contribution in [-0.2, 0) is 4.79 Å². The lowest BCUT2D eigenvalue weighted by atomic mass is 9.96. The molecule has 0 amide bonds. The van der Waals surface area contributed by atoms with Crippen molar-refractivity contribution in [1.82, 2.24) is 10.2 Å². The van der Waals surface area contributed by atoms with E-state index in [-0.39, 0.29) is 6.04 Å². The summed E-state index contributed by atoms with van der Waals surface area (Å²) in [6.07, 6.45) is 6.28. The number of hydrogen-bond acceptors (Lipinski definition) is 3. The van der Waals surface area contributed by atoms with Crippen LogP contribution in [0.5, 0.6) is 0 Å². The predicted octanol–water partition coefficient (Wildman–Crippen LogP) is 2.73. The van der Waals surface area contributed by atoms with Gasteiger partial charge in [0.05, 0.1) is 0 Å². The van der Waals surface area contributed by atoms with Crippen LogP contribution in [0, 0.1) is 5.92 Å². The first kappa shape index (κ1) is 17.4. The average molecular weight is 284 g/mol. The van der Waals surface area contributed by atoms with E-state index in [2.05, 4.69) is 17.1 Å². The molecule has 2 unspecified atom stereocenters. The number of likely N-dealkylation sites (tertiary alicyclic amines) is 1. The molecule has 4 heteroatoms. The molecule has 1 heterocycles. The summed E-state index contributed by atoms with van der Waals surface area (Å²) in [4.78, 5) is 13.9. The van der Waals surface area contributed by atoms with Gasteiger partial charge in [-0.1, -0.05) is 19.8 Å². The highest BCUT2D eigenvalue weighted by Crippen LogP contribution is 2.23. The van der Waals surface area contributed by atoms with Crippen molar-refractivity contribution in [3.8, 4) is 0 Å². The van der Waals surface area contributed by atoms with Crippen LogP contribution in [0.4, 0.5) is 0 Å². The van der Waals surface area contributed by atoms with E-state index in [4.69, 9.17) is 0 Å². The van der Waals surface area contributed by atoms with E-state index in [1.165, 1.54) is 32.1 Å². The van der Waals surface area contributed by atoms with Crippen LogP contribution in [0.15, 0.2) is 0 Å². The molecule has 0 radical (unpaired) electrons. The molecule has 1 rings (SSSR count). The minimum atomic E-state index is -0.848. The second-order valence-corrected chi connectivity index (χ2v) is 6.80. The van der Waals surface area contributed by atoms with Gasteiger partial charge in [-0.15, -0.1) is 0 Å². The first-order valence-corrected chi connectivity index (χ1v) is 8.11. The quantitative estimate of drug-likeness (QED) is 0.755. The summed E-state index contributed by atoms with van der Waals surface area (Å²) < 4.78 is 0. The van der Waals surface area contributed by atoms with E-state index in [9.17, 15) is 9.90 Å². The Morgan fingerprint density at radius 1 is 1.40 bits per heavy atom. The van der Waals surface area contributed by atoms with Crippen LogP contribution >= 0.6 is 0 Å². The van der Waals surface area contributed by atoms with Gasteiger partial charge in [0.1, 0.15) is 5.54 Å². The highest BCUT2D eigenvalue weighted by molar-refractivity contribution is 5.78. The molecule has 1 aliphatic heterocycles. The summed E-state index contributed by atoms with van der Waals surface area (Å²) in [5, 5.41) is 12.7. The van der Waals surface area contributed by atoms with Crippen LogP contribution in [0.2, 0.25) is 0 Å². The molecule has 0 aliphatic carbocycles. The van der Waals surface area contributed by atoms with Crippen molar-refractivity contribution in [2.75, 3.05) is 19.6 Å². The molecule has 1 fully saturated rings. The topological polar surface area (TPSA) is 52.6 Å². The molecule has 2 atom stereocenters. The largest absolute Gasteiger partial charge is 0.480 e. The van der Waals surface area contributed by atoms with Crippen LogP contribution in [-0.4, -0.2) is 47.2 Å². The molecule has 0 aromatic carbocycles. The second kappa shape index (κ2) is 7.99. The maximum Gasteiger partial charge on any atom is 0.324 e. The van der Waals surface area contributed by atoms with E-state index in [0.717, 1.165) is 19.0 Å². The SMILES string of the molecule is CCCC1CCCN(CC(C)(NC(C)C)C(=O)O)CC1. The number of nitrogens with one attached hydrogen (secondary N) is 1. The van der Waals surface area contributed by atoms with Gasteiger partial charge in [-0.05, 0) is 59.0 Å². The van der Waals surface area contributed by atoms with E-state index in [1.54, 1.807) is 0 Å². The molecule has 1 saturated heterocycles. The Labute approximate surface area is 123 Å². The molecule has 0 saturated carbocycles. The fraction of sp³-hybridized carbons (Fsp3) is 0.938. The Morgan fingerprint density at radius 2 is 2.10 bits per heavy atom. The Morgan fingerprint density at radius 3 is 2.65 bits per heavy atom. The number of nitrogens with zero attached hydrogens (tertiary/aromatic N) is 1. The lowest BCUT2D eigenvalue weighted by molar-refractivity contribution is -0.145. The van der Waals surface area contributed by atoms with Crippen molar-refractivity contribution in [2.24, 2.45) is 5.92 Å². The van der Waals surface area contributed by atoms with Crippen molar-refractivity contribution in [3.63, 3.8) is 0 Å². The van der Waals surface area contributed by atoms with Crippen molar-refractivity contribution >= 4 is 5.97 Å². The van der Waals surface area contributed by atoms with Crippen molar-refractivity contribution < 1.29 is 9.90 Å². The summed E-state index contributed by atoms with van der Waals surface area (Å²) in [5.41, 5.74) is -0.848.